The average molecular weight is 198 g/mol. The number of hydrogen-bond donors (Lipinski definition) is 3. The highest BCUT2D eigenvalue weighted by molar-refractivity contribution is 5.89. The molecular weight excluding hydrogens is 188 g/mol. The molecule has 1 aromatic carbocycles. The van der Waals surface area contributed by atoms with Gasteiger partial charge in [-0.3, -0.25) is 0 Å². The minimum atomic E-state index is -1.14. The van der Waals surface area contributed by atoms with Crippen LogP contribution in [0.5, 0.6) is 11.5 Å². The minimum Gasteiger partial charge on any atom is -0.504 e. The van der Waals surface area contributed by atoms with Gasteiger partial charge < -0.3 is 20.1 Å². The second kappa shape index (κ2) is 3.97. The molecule has 0 aliphatic rings. The number of ether oxygens (including phenoxy) is 1. The summed E-state index contributed by atoms with van der Waals surface area (Å²) < 4.78 is 4.75. The van der Waals surface area contributed by atoms with E-state index in [0.29, 0.717) is 0 Å². The molecule has 0 radical (unpaired) electrons. The Morgan fingerprint density at radius 3 is 2.57 bits per heavy atom. The monoisotopic (exact) mass is 198 g/mol. The van der Waals surface area contributed by atoms with Crippen molar-refractivity contribution in [1.29, 1.82) is 0 Å². The first-order chi connectivity index (χ1) is 6.60. The van der Waals surface area contributed by atoms with Crippen LogP contribution in [0.1, 0.15) is 15.9 Å². The number of aliphatic hydroxyl groups is 1. The van der Waals surface area contributed by atoms with Crippen molar-refractivity contribution >= 4 is 5.97 Å². The average Bonchev–Trinajstić information content (AvgIpc) is 2.17. The van der Waals surface area contributed by atoms with Crippen molar-refractivity contribution in [3.8, 4) is 11.5 Å². The molecule has 0 atom stereocenters. The van der Waals surface area contributed by atoms with E-state index in [-0.39, 0.29) is 22.6 Å². The van der Waals surface area contributed by atoms with Crippen LogP contribution in [0, 0.1) is 0 Å². The number of aromatic carboxylic acids is 1. The summed E-state index contributed by atoms with van der Waals surface area (Å²) in [5, 5.41) is 27.0. The van der Waals surface area contributed by atoms with Crippen LogP contribution in [0.3, 0.4) is 0 Å². The van der Waals surface area contributed by atoms with E-state index in [1.54, 1.807) is 0 Å². The van der Waals surface area contributed by atoms with Crippen LogP contribution >= 0.6 is 0 Å². The van der Waals surface area contributed by atoms with Gasteiger partial charge in [-0.25, -0.2) is 4.79 Å². The van der Waals surface area contributed by atoms with Gasteiger partial charge in [-0.05, 0) is 12.1 Å². The third kappa shape index (κ3) is 1.77. The van der Waals surface area contributed by atoms with Gasteiger partial charge in [-0.2, -0.15) is 0 Å². The number of carbonyl (C=O) groups is 1. The molecule has 0 saturated heterocycles. The summed E-state index contributed by atoms with van der Waals surface area (Å²) in [6.45, 7) is -0.441. The van der Waals surface area contributed by atoms with Gasteiger partial charge in [0.25, 0.3) is 0 Å². The second-order valence-corrected chi connectivity index (χ2v) is 2.65. The summed E-state index contributed by atoms with van der Waals surface area (Å²) in [5.41, 5.74) is 0.0884. The molecule has 0 amide bonds. The number of benzene rings is 1. The van der Waals surface area contributed by atoms with E-state index in [0.717, 1.165) is 0 Å². The first-order valence-corrected chi connectivity index (χ1v) is 3.84. The summed E-state index contributed by atoms with van der Waals surface area (Å²) in [6, 6.07) is 2.39. The zero-order valence-corrected chi connectivity index (χ0v) is 7.52. The Kier molecular flexibility index (Phi) is 2.93. The Morgan fingerprint density at radius 2 is 2.14 bits per heavy atom. The van der Waals surface area contributed by atoms with E-state index in [1.807, 2.05) is 0 Å². The molecular formula is C9H10O5. The number of carboxylic acids is 1. The van der Waals surface area contributed by atoms with E-state index >= 15 is 0 Å². The van der Waals surface area contributed by atoms with E-state index in [1.165, 1.54) is 19.2 Å². The fraction of sp³-hybridized carbons (Fsp3) is 0.222. The number of phenols is 1. The highest BCUT2D eigenvalue weighted by Crippen LogP contribution is 2.31. The molecule has 0 saturated carbocycles. The zero-order valence-electron chi connectivity index (χ0n) is 7.52. The lowest BCUT2D eigenvalue weighted by Crippen LogP contribution is -2.00. The second-order valence-electron chi connectivity index (χ2n) is 2.65. The van der Waals surface area contributed by atoms with Gasteiger partial charge in [0.05, 0.1) is 19.3 Å². The molecule has 5 heteroatoms. The number of rotatable bonds is 3. The number of aliphatic hydroxyl groups excluding tert-OH is 1. The van der Waals surface area contributed by atoms with Gasteiger partial charge >= 0.3 is 5.97 Å². The van der Waals surface area contributed by atoms with Crippen LogP contribution in [0.15, 0.2) is 12.1 Å². The maximum absolute atomic E-state index is 10.6. The Morgan fingerprint density at radius 1 is 1.50 bits per heavy atom. The lowest BCUT2D eigenvalue weighted by molar-refractivity contribution is 0.0696. The molecule has 0 aromatic heterocycles. The van der Waals surface area contributed by atoms with Crippen molar-refractivity contribution in [3.05, 3.63) is 23.3 Å². The third-order valence-electron chi connectivity index (χ3n) is 1.79. The topological polar surface area (TPSA) is 87.0 Å². The Balaban J connectivity index is 3.32. The minimum absolute atomic E-state index is 0.0361. The van der Waals surface area contributed by atoms with Crippen molar-refractivity contribution in [2.75, 3.05) is 7.11 Å². The molecule has 1 rings (SSSR count). The highest BCUT2D eigenvalue weighted by Gasteiger charge is 2.13. The molecule has 0 bridgehead atoms. The van der Waals surface area contributed by atoms with Crippen LogP contribution < -0.4 is 4.74 Å². The lowest BCUT2D eigenvalue weighted by atomic mass is 10.1. The molecule has 0 fully saturated rings. The van der Waals surface area contributed by atoms with Gasteiger partial charge in [0, 0.05) is 5.56 Å². The smallest absolute Gasteiger partial charge is 0.335 e. The Hall–Kier alpha value is -1.75. The molecule has 0 heterocycles. The molecule has 0 aliphatic carbocycles. The van der Waals surface area contributed by atoms with Gasteiger partial charge in [0.15, 0.2) is 11.5 Å². The maximum Gasteiger partial charge on any atom is 0.335 e. The van der Waals surface area contributed by atoms with E-state index in [4.69, 9.17) is 14.9 Å². The van der Waals surface area contributed by atoms with E-state index < -0.39 is 12.6 Å². The molecule has 76 valence electrons. The summed E-state index contributed by atoms with van der Waals surface area (Å²) in [4.78, 5) is 10.6. The maximum atomic E-state index is 10.6. The quantitative estimate of drug-likeness (QED) is 0.661. The molecule has 14 heavy (non-hydrogen) atoms. The van der Waals surface area contributed by atoms with Crippen LogP contribution in [0.25, 0.3) is 0 Å². The zero-order chi connectivity index (χ0) is 10.7. The Bertz CT molecular complexity index is 333. The van der Waals surface area contributed by atoms with Gasteiger partial charge in [0.2, 0.25) is 0 Å². The molecule has 0 aliphatic heterocycles. The van der Waals surface area contributed by atoms with Crippen LogP contribution in [-0.4, -0.2) is 28.4 Å². The SMILES string of the molecule is COc1cc(C(=O)O)cc(CO)c1O. The largest absolute Gasteiger partial charge is 0.504 e. The molecule has 1 aromatic rings. The van der Waals surface area contributed by atoms with Crippen LogP contribution in [0.2, 0.25) is 0 Å². The Labute approximate surface area is 80.2 Å². The predicted octanol–water partition coefficient (Wildman–Crippen LogP) is 0.591. The van der Waals surface area contributed by atoms with Crippen molar-refractivity contribution in [3.63, 3.8) is 0 Å². The third-order valence-corrected chi connectivity index (χ3v) is 1.79. The van der Waals surface area contributed by atoms with Gasteiger partial charge in [-0.1, -0.05) is 0 Å². The van der Waals surface area contributed by atoms with E-state index in [9.17, 15) is 9.90 Å². The number of hydrogen-bond acceptors (Lipinski definition) is 4. The molecule has 0 unspecified atom stereocenters. The first kappa shape index (κ1) is 10.3. The fourth-order valence-corrected chi connectivity index (χ4v) is 1.07. The fourth-order valence-electron chi connectivity index (χ4n) is 1.07. The predicted molar refractivity (Wildman–Crippen MR) is 47.5 cm³/mol. The number of aromatic hydroxyl groups is 1. The van der Waals surface area contributed by atoms with Crippen LogP contribution in [-0.2, 0) is 6.61 Å². The standard InChI is InChI=1S/C9H10O5/c1-14-7-3-5(9(12)13)2-6(4-10)8(7)11/h2-3,10-11H,4H2,1H3,(H,12,13). The molecule has 3 N–H and O–H groups in total. The summed E-state index contributed by atoms with van der Waals surface area (Å²) in [6.07, 6.45) is 0. The molecule has 5 nitrogen and oxygen atoms in total. The number of methoxy groups -OCH3 is 1. The van der Waals surface area contributed by atoms with E-state index in [2.05, 4.69) is 0 Å². The lowest BCUT2D eigenvalue weighted by Gasteiger charge is -2.08. The van der Waals surface area contributed by atoms with Crippen molar-refractivity contribution in [2.45, 2.75) is 6.61 Å². The first-order valence-electron chi connectivity index (χ1n) is 3.84. The molecule has 0 spiro atoms. The van der Waals surface area contributed by atoms with Crippen molar-refractivity contribution in [2.24, 2.45) is 0 Å². The van der Waals surface area contributed by atoms with Crippen LogP contribution in [0.4, 0.5) is 0 Å². The summed E-state index contributed by atoms with van der Waals surface area (Å²) in [7, 11) is 1.31. The van der Waals surface area contributed by atoms with Crippen molar-refractivity contribution in [1.82, 2.24) is 0 Å². The number of carboxylic acid groups (broad SMARTS) is 1. The van der Waals surface area contributed by atoms with Crippen molar-refractivity contribution < 1.29 is 24.9 Å². The highest BCUT2D eigenvalue weighted by atomic mass is 16.5. The normalized spacial score (nSPS) is 9.86. The van der Waals surface area contributed by atoms with Gasteiger partial charge in [-0.15, -0.1) is 0 Å². The summed E-state index contributed by atoms with van der Waals surface area (Å²) in [5.74, 6) is -1.34. The van der Waals surface area contributed by atoms with Gasteiger partial charge in [0.1, 0.15) is 0 Å². The summed E-state index contributed by atoms with van der Waals surface area (Å²) >= 11 is 0.